The van der Waals surface area contributed by atoms with Gasteiger partial charge in [-0.15, -0.1) is 0 Å². The maximum Gasteiger partial charge on any atom is 0.338 e. The van der Waals surface area contributed by atoms with Crippen molar-refractivity contribution in [2.75, 3.05) is 6.61 Å². The Hall–Kier alpha value is -3.45. The highest BCUT2D eigenvalue weighted by Crippen LogP contribution is 2.31. The first-order valence-electron chi connectivity index (χ1n) is 9.97. The van der Waals surface area contributed by atoms with Gasteiger partial charge in [-0.3, -0.25) is 9.36 Å². The molecule has 0 bridgehead atoms. The molecule has 0 radical (unpaired) electrons. The zero-order valence-electron chi connectivity index (χ0n) is 17.5. The van der Waals surface area contributed by atoms with E-state index in [2.05, 4.69) is 4.99 Å². The molecule has 0 saturated heterocycles. The van der Waals surface area contributed by atoms with Crippen LogP contribution < -0.4 is 14.9 Å². The van der Waals surface area contributed by atoms with Crippen LogP contribution in [0.1, 0.15) is 37.0 Å². The maximum atomic E-state index is 13.3. The van der Waals surface area contributed by atoms with Crippen LogP contribution in [-0.4, -0.2) is 17.1 Å². The summed E-state index contributed by atoms with van der Waals surface area (Å²) in [6, 6.07) is 12.7. The summed E-state index contributed by atoms with van der Waals surface area (Å²) in [6.45, 7) is 5.55. The molecule has 31 heavy (non-hydrogen) atoms. The maximum absolute atomic E-state index is 13.3. The highest BCUT2D eigenvalue weighted by atomic mass is 32.1. The van der Waals surface area contributed by atoms with Crippen LogP contribution in [-0.2, 0) is 9.53 Å². The van der Waals surface area contributed by atoms with Gasteiger partial charge in [-0.1, -0.05) is 53.8 Å². The van der Waals surface area contributed by atoms with E-state index < -0.39 is 12.0 Å². The smallest absolute Gasteiger partial charge is 0.338 e. The van der Waals surface area contributed by atoms with Gasteiger partial charge in [-0.05, 0) is 44.5 Å². The third kappa shape index (κ3) is 4.09. The van der Waals surface area contributed by atoms with Gasteiger partial charge in [-0.25, -0.2) is 9.79 Å². The van der Waals surface area contributed by atoms with Gasteiger partial charge in [0, 0.05) is 0 Å². The number of allylic oxidation sites excluding steroid dienone is 2. The normalized spacial score (nSPS) is 16.5. The summed E-state index contributed by atoms with van der Waals surface area (Å²) in [5.74, 6) is 0.698. The van der Waals surface area contributed by atoms with Gasteiger partial charge < -0.3 is 9.15 Å². The number of carbonyl (C=O) groups is 1. The van der Waals surface area contributed by atoms with Gasteiger partial charge in [0.1, 0.15) is 17.6 Å². The van der Waals surface area contributed by atoms with Crippen molar-refractivity contribution in [1.29, 1.82) is 0 Å². The lowest BCUT2D eigenvalue weighted by Gasteiger charge is -2.22. The molecule has 1 aliphatic heterocycles. The van der Waals surface area contributed by atoms with Gasteiger partial charge in [0.2, 0.25) is 0 Å². The van der Waals surface area contributed by atoms with Crippen molar-refractivity contribution in [2.45, 2.75) is 26.8 Å². The Kier molecular flexibility index (Phi) is 5.86. The van der Waals surface area contributed by atoms with E-state index in [0.29, 0.717) is 32.1 Å². The van der Waals surface area contributed by atoms with E-state index in [1.165, 1.54) is 15.9 Å². The van der Waals surface area contributed by atoms with Crippen molar-refractivity contribution in [1.82, 2.24) is 4.57 Å². The zero-order valence-corrected chi connectivity index (χ0v) is 18.3. The Labute approximate surface area is 183 Å². The molecule has 0 saturated carbocycles. The minimum absolute atomic E-state index is 0.227. The molecule has 1 aliphatic rings. The molecule has 3 aromatic rings. The fourth-order valence-corrected chi connectivity index (χ4v) is 4.48. The van der Waals surface area contributed by atoms with E-state index in [0.717, 1.165) is 5.56 Å². The summed E-state index contributed by atoms with van der Waals surface area (Å²) < 4.78 is 13.1. The average Bonchev–Trinajstić information content (AvgIpc) is 3.31. The second-order valence-corrected chi connectivity index (χ2v) is 8.05. The number of hydrogen-bond donors (Lipinski definition) is 0. The molecule has 7 heteroatoms. The van der Waals surface area contributed by atoms with Gasteiger partial charge in [-0.2, -0.15) is 0 Å². The summed E-state index contributed by atoms with van der Waals surface area (Å²) in [5.41, 5.74) is 1.64. The summed E-state index contributed by atoms with van der Waals surface area (Å²) in [5, 5.41) is 0. The minimum Gasteiger partial charge on any atom is -0.464 e. The lowest BCUT2D eigenvalue weighted by molar-refractivity contribution is -0.139. The molecule has 2 aromatic heterocycles. The number of benzene rings is 1. The average molecular weight is 435 g/mol. The predicted molar refractivity (Wildman–Crippen MR) is 120 cm³/mol. The standard InChI is InChI=1S/C24H22N2O4S/c1-4-29-23(28)20-16(3)25-24-26(21(20)18-14-13-15(2)30-18)22(27)19(31-24)12-8-11-17-9-6-5-7-10-17/h5-14,21H,4H2,1-3H3/b11-8+,19-12+/t21-/m0/s1. The first-order chi connectivity index (χ1) is 15.0. The van der Waals surface area contributed by atoms with Crippen molar-refractivity contribution < 1.29 is 13.9 Å². The number of carbonyl (C=O) groups excluding carboxylic acids is 1. The molecule has 158 valence electrons. The second-order valence-electron chi connectivity index (χ2n) is 7.04. The lowest BCUT2D eigenvalue weighted by atomic mass is 10.0. The Morgan fingerprint density at radius 3 is 2.68 bits per heavy atom. The van der Waals surface area contributed by atoms with Crippen molar-refractivity contribution >= 4 is 29.5 Å². The highest BCUT2D eigenvalue weighted by molar-refractivity contribution is 7.07. The van der Waals surface area contributed by atoms with E-state index in [4.69, 9.17) is 9.15 Å². The van der Waals surface area contributed by atoms with Crippen LogP contribution in [0.25, 0.3) is 12.2 Å². The van der Waals surface area contributed by atoms with Crippen molar-refractivity contribution in [3.8, 4) is 0 Å². The van der Waals surface area contributed by atoms with Crippen LogP contribution >= 0.6 is 11.3 Å². The highest BCUT2D eigenvalue weighted by Gasteiger charge is 2.35. The summed E-state index contributed by atoms with van der Waals surface area (Å²) in [7, 11) is 0. The SMILES string of the molecule is CCOC(=O)C1=C(C)N=c2s/c(=C/C=C/c3ccccc3)c(=O)n2[C@H]1c1ccc(C)o1. The molecule has 0 spiro atoms. The third-order valence-electron chi connectivity index (χ3n) is 4.88. The van der Waals surface area contributed by atoms with Gasteiger partial charge in [0.05, 0.1) is 22.4 Å². The fraction of sp³-hybridized carbons (Fsp3) is 0.208. The number of hydrogen-bond acceptors (Lipinski definition) is 6. The number of nitrogens with zero attached hydrogens (tertiary/aromatic N) is 2. The minimum atomic E-state index is -0.718. The van der Waals surface area contributed by atoms with E-state index >= 15 is 0 Å². The van der Waals surface area contributed by atoms with E-state index in [-0.39, 0.29) is 12.2 Å². The van der Waals surface area contributed by atoms with E-state index in [9.17, 15) is 9.59 Å². The molecule has 0 aliphatic carbocycles. The molecule has 1 atom stereocenters. The Balaban J connectivity index is 1.85. The molecule has 3 heterocycles. The van der Waals surface area contributed by atoms with Gasteiger partial charge in [0.25, 0.3) is 5.56 Å². The largest absolute Gasteiger partial charge is 0.464 e. The monoisotopic (exact) mass is 434 g/mol. The van der Waals surface area contributed by atoms with Crippen LogP contribution in [0, 0.1) is 6.92 Å². The first-order valence-corrected chi connectivity index (χ1v) is 10.8. The van der Waals surface area contributed by atoms with Crippen LogP contribution in [0.4, 0.5) is 0 Å². The summed E-state index contributed by atoms with van der Waals surface area (Å²) >= 11 is 1.28. The number of ether oxygens (including phenoxy) is 1. The quantitative estimate of drug-likeness (QED) is 0.577. The van der Waals surface area contributed by atoms with Crippen molar-refractivity contribution in [3.63, 3.8) is 0 Å². The predicted octanol–water partition coefficient (Wildman–Crippen LogP) is 3.36. The van der Waals surface area contributed by atoms with E-state index in [1.54, 1.807) is 26.0 Å². The molecule has 0 fully saturated rings. The molecular weight excluding hydrogens is 412 g/mol. The van der Waals surface area contributed by atoms with Crippen LogP contribution in [0.15, 0.2) is 74.0 Å². The van der Waals surface area contributed by atoms with Gasteiger partial charge in [0.15, 0.2) is 4.80 Å². The van der Waals surface area contributed by atoms with Crippen molar-refractivity contribution in [2.24, 2.45) is 4.99 Å². The van der Waals surface area contributed by atoms with E-state index in [1.807, 2.05) is 55.5 Å². The molecule has 0 N–H and O–H groups in total. The molecule has 6 nitrogen and oxygen atoms in total. The Bertz CT molecular complexity index is 1360. The Morgan fingerprint density at radius 2 is 2.00 bits per heavy atom. The molecule has 1 aromatic carbocycles. The number of esters is 1. The number of rotatable bonds is 5. The summed E-state index contributed by atoms with van der Waals surface area (Å²) in [6.07, 6.45) is 5.54. The third-order valence-corrected chi connectivity index (χ3v) is 5.88. The van der Waals surface area contributed by atoms with Crippen molar-refractivity contribution in [3.05, 3.63) is 96.6 Å². The second kappa shape index (κ2) is 8.73. The van der Waals surface area contributed by atoms with Crippen LogP contribution in [0.5, 0.6) is 0 Å². The zero-order chi connectivity index (χ0) is 22.0. The number of aromatic nitrogens is 1. The topological polar surface area (TPSA) is 73.8 Å². The molecule has 4 rings (SSSR count). The molecule has 0 unspecified atom stereocenters. The number of aryl methyl sites for hydroxylation is 1. The fourth-order valence-electron chi connectivity index (χ4n) is 3.49. The molecular formula is C24H22N2O4S. The summed E-state index contributed by atoms with van der Waals surface area (Å²) in [4.78, 5) is 31.1. The van der Waals surface area contributed by atoms with Gasteiger partial charge >= 0.3 is 5.97 Å². The van der Waals surface area contributed by atoms with Crippen LogP contribution in [0.2, 0.25) is 0 Å². The van der Waals surface area contributed by atoms with Crippen LogP contribution in [0.3, 0.4) is 0 Å². The number of furan rings is 1. The Morgan fingerprint density at radius 1 is 1.23 bits per heavy atom. The first kappa shape index (κ1) is 20.8. The lowest BCUT2D eigenvalue weighted by Crippen LogP contribution is -2.39. The molecule has 0 amide bonds. The number of thiazole rings is 1. The number of fused-ring (bicyclic) bond motifs is 1.